The lowest BCUT2D eigenvalue weighted by atomic mass is 9.80. The summed E-state index contributed by atoms with van der Waals surface area (Å²) in [7, 11) is 0. The number of hydrogen-bond donors (Lipinski definition) is 0. The van der Waals surface area contributed by atoms with Gasteiger partial charge in [-0.15, -0.1) is 0 Å². The lowest BCUT2D eigenvalue weighted by Gasteiger charge is -2.23. The van der Waals surface area contributed by atoms with Crippen molar-refractivity contribution in [2.75, 3.05) is 0 Å². The van der Waals surface area contributed by atoms with Crippen LogP contribution in [0.5, 0.6) is 0 Å². The van der Waals surface area contributed by atoms with Crippen molar-refractivity contribution in [1.29, 1.82) is 10.5 Å². The molecule has 0 radical (unpaired) electrons. The smallest absolute Gasteiger partial charge is 0.0994 e. The van der Waals surface area contributed by atoms with Crippen LogP contribution in [0.1, 0.15) is 37.5 Å². The van der Waals surface area contributed by atoms with Crippen molar-refractivity contribution >= 4 is 10.8 Å². The highest BCUT2D eigenvalue weighted by Gasteiger charge is 2.21. The van der Waals surface area contributed by atoms with Crippen LogP contribution in [-0.4, -0.2) is 0 Å². The van der Waals surface area contributed by atoms with E-state index < -0.39 is 0 Å². The van der Waals surface area contributed by atoms with Crippen LogP contribution < -0.4 is 0 Å². The van der Waals surface area contributed by atoms with Gasteiger partial charge in [-0.25, -0.2) is 0 Å². The highest BCUT2D eigenvalue weighted by atomic mass is 14.3. The third-order valence-corrected chi connectivity index (χ3v) is 3.02. The SMILES string of the molecule is CC(C)(C)c1c(C#N)ccc2cc(C#N)ccc12. The predicted octanol–water partition coefficient (Wildman–Crippen LogP) is 3.88. The van der Waals surface area contributed by atoms with E-state index in [9.17, 15) is 5.26 Å². The van der Waals surface area contributed by atoms with Gasteiger partial charge >= 0.3 is 0 Å². The lowest BCUT2D eigenvalue weighted by molar-refractivity contribution is 0.594. The molecular formula is C16H14N2. The fourth-order valence-electron chi connectivity index (χ4n) is 2.30. The van der Waals surface area contributed by atoms with E-state index in [1.54, 1.807) is 6.07 Å². The van der Waals surface area contributed by atoms with Crippen LogP contribution in [0, 0.1) is 22.7 Å². The molecule has 0 aromatic heterocycles. The summed E-state index contributed by atoms with van der Waals surface area (Å²) in [4.78, 5) is 0. The standard InChI is InChI=1S/C16H14N2/c1-16(2,3)15-13(10-18)6-5-12-8-11(9-17)4-7-14(12)15/h4-8H,1-3H3. The minimum Gasteiger partial charge on any atom is -0.192 e. The molecule has 0 fully saturated rings. The van der Waals surface area contributed by atoms with Gasteiger partial charge in [0.2, 0.25) is 0 Å². The summed E-state index contributed by atoms with van der Waals surface area (Å²) in [5.41, 5.74) is 2.30. The van der Waals surface area contributed by atoms with E-state index in [2.05, 4.69) is 32.9 Å². The molecule has 0 spiro atoms. The van der Waals surface area contributed by atoms with Gasteiger partial charge in [-0.05, 0) is 39.9 Å². The predicted molar refractivity (Wildman–Crippen MR) is 72.1 cm³/mol. The Morgan fingerprint density at radius 3 is 2.22 bits per heavy atom. The highest BCUT2D eigenvalue weighted by molar-refractivity contribution is 5.89. The summed E-state index contributed by atoms with van der Waals surface area (Å²) < 4.78 is 0. The number of rotatable bonds is 0. The summed E-state index contributed by atoms with van der Waals surface area (Å²) in [6.07, 6.45) is 0. The van der Waals surface area contributed by atoms with Gasteiger partial charge in [-0.1, -0.05) is 32.9 Å². The van der Waals surface area contributed by atoms with E-state index in [1.807, 2.05) is 24.3 Å². The molecule has 0 aliphatic rings. The molecule has 0 saturated heterocycles. The molecule has 2 nitrogen and oxygen atoms in total. The average molecular weight is 234 g/mol. The molecule has 88 valence electrons. The van der Waals surface area contributed by atoms with Crippen LogP contribution in [0.3, 0.4) is 0 Å². The Bertz CT molecular complexity index is 692. The van der Waals surface area contributed by atoms with Gasteiger partial charge in [0.15, 0.2) is 0 Å². The molecule has 0 atom stereocenters. The first-order valence-electron chi connectivity index (χ1n) is 5.85. The van der Waals surface area contributed by atoms with Crippen molar-refractivity contribution < 1.29 is 0 Å². The van der Waals surface area contributed by atoms with Crippen LogP contribution in [0.15, 0.2) is 30.3 Å². The zero-order chi connectivity index (χ0) is 13.3. The zero-order valence-corrected chi connectivity index (χ0v) is 10.8. The Morgan fingerprint density at radius 2 is 1.67 bits per heavy atom. The quantitative estimate of drug-likeness (QED) is 0.694. The second-order valence-electron chi connectivity index (χ2n) is 5.40. The molecule has 0 N–H and O–H groups in total. The number of nitriles is 2. The maximum atomic E-state index is 9.24. The maximum absolute atomic E-state index is 9.24. The van der Waals surface area contributed by atoms with E-state index in [0.717, 1.165) is 16.3 Å². The molecule has 2 rings (SSSR count). The van der Waals surface area contributed by atoms with Crippen molar-refractivity contribution in [1.82, 2.24) is 0 Å². The van der Waals surface area contributed by atoms with E-state index >= 15 is 0 Å². The molecule has 0 amide bonds. The number of benzene rings is 2. The van der Waals surface area contributed by atoms with Gasteiger partial charge in [0.25, 0.3) is 0 Å². The molecule has 0 bridgehead atoms. The molecular weight excluding hydrogens is 220 g/mol. The summed E-state index contributed by atoms with van der Waals surface area (Å²) >= 11 is 0. The summed E-state index contributed by atoms with van der Waals surface area (Å²) in [5, 5.41) is 20.2. The fraction of sp³-hybridized carbons (Fsp3) is 0.250. The minimum absolute atomic E-state index is 0.0985. The second-order valence-corrected chi connectivity index (χ2v) is 5.40. The fourth-order valence-corrected chi connectivity index (χ4v) is 2.30. The molecule has 2 heteroatoms. The van der Waals surface area contributed by atoms with Crippen molar-refractivity contribution in [2.24, 2.45) is 0 Å². The molecule has 18 heavy (non-hydrogen) atoms. The normalized spacial score (nSPS) is 10.9. The van der Waals surface area contributed by atoms with Crippen LogP contribution in [-0.2, 0) is 5.41 Å². The monoisotopic (exact) mass is 234 g/mol. The van der Waals surface area contributed by atoms with Gasteiger partial charge in [-0.2, -0.15) is 10.5 Å². The Kier molecular flexibility index (Phi) is 2.81. The van der Waals surface area contributed by atoms with Gasteiger partial charge < -0.3 is 0 Å². The van der Waals surface area contributed by atoms with Crippen molar-refractivity contribution in [3.05, 3.63) is 47.0 Å². The topological polar surface area (TPSA) is 47.6 Å². The summed E-state index contributed by atoms with van der Waals surface area (Å²) in [6.45, 7) is 6.29. The number of nitrogens with zero attached hydrogens (tertiary/aromatic N) is 2. The Balaban J connectivity index is 2.89. The third kappa shape index (κ3) is 1.94. The van der Waals surface area contributed by atoms with E-state index in [1.165, 1.54) is 0 Å². The zero-order valence-electron chi connectivity index (χ0n) is 10.8. The summed E-state index contributed by atoms with van der Waals surface area (Å²) in [6, 6.07) is 13.8. The molecule has 2 aromatic rings. The number of fused-ring (bicyclic) bond motifs is 1. The van der Waals surface area contributed by atoms with Crippen LogP contribution in [0.25, 0.3) is 10.8 Å². The Hall–Kier alpha value is -2.32. The lowest BCUT2D eigenvalue weighted by Crippen LogP contribution is -2.14. The van der Waals surface area contributed by atoms with E-state index in [4.69, 9.17) is 5.26 Å². The van der Waals surface area contributed by atoms with E-state index in [-0.39, 0.29) is 5.41 Å². The average Bonchev–Trinajstić information content (AvgIpc) is 2.35. The first kappa shape index (κ1) is 12.1. The van der Waals surface area contributed by atoms with Crippen molar-refractivity contribution in [2.45, 2.75) is 26.2 Å². The van der Waals surface area contributed by atoms with Crippen molar-refractivity contribution in [3.8, 4) is 12.1 Å². The largest absolute Gasteiger partial charge is 0.192 e. The van der Waals surface area contributed by atoms with Crippen LogP contribution in [0.4, 0.5) is 0 Å². The van der Waals surface area contributed by atoms with Crippen molar-refractivity contribution in [3.63, 3.8) is 0 Å². The first-order valence-corrected chi connectivity index (χ1v) is 5.85. The highest BCUT2D eigenvalue weighted by Crippen LogP contribution is 2.33. The van der Waals surface area contributed by atoms with E-state index in [0.29, 0.717) is 11.1 Å². The molecule has 0 aliphatic heterocycles. The number of hydrogen-bond acceptors (Lipinski definition) is 2. The second kappa shape index (κ2) is 4.17. The molecule has 0 heterocycles. The molecule has 0 unspecified atom stereocenters. The van der Waals surface area contributed by atoms with Gasteiger partial charge in [0.1, 0.15) is 0 Å². The van der Waals surface area contributed by atoms with Crippen LogP contribution in [0.2, 0.25) is 0 Å². The van der Waals surface area contributed by atoms with Gasteiger partial charge in [0.05, 0.1) is 23.3 Å². The maximum Gasteiger partial charge on any atom is 0.0994 e. The Labute approximate surface area is 107 Å². The molecule has 0 saturated carbocycles. The van der Waals surface area contributed by atoms with Crippen LogP contribution >= 0.6 is 0 Å². The molecule has 0 aliphatic carbocycles. The summed E-state index contributed by atoms with van der Waals surface area (Å²) in [5.74, 6) is 0. The first-order chi connectivity index (χ1) is 8.47. The molecule has 2 aromatic carbocycles. The Morgan fingerprint density at radius 1 is 0.944 bits per heavy atom. The van der Waals surface area contributed by atoms with Gasteiger partial charge in [-0.3, -0.25) is 0 Å². The third-order valence-electron chi connectivity index (χ3n) is 3.02. The van der Waals surface area contributed by atoms with Gasteiger partial charge in [0, 0.05) is 0 Å². The minimum atomic E-state index is -0.0985.